The molecule has 1 amide bonds. The predicted octanol–water partition coefficient (Wildman–Crippen LogP) is 3.93. The number of halogens is 2. The van der Waals surface area contributed by atoms with Crippen LogP contribution >= 0.6 is 23.2 Å². The van der Waals surface area contributed by atoms with Gasteiger partial charge in [0, 0.05) is 12.4 Å². The van der Waals surface area contributed by atoms with E-state index in [9.17, 15) is 18.0 Å². The van der Waals surface area contributed by atoms with Crippen LogP contribution in [0.15, 0.2) is 65.8 Å². The number of carbonyl (C=O) groups excluding carboxylic acids is 2. The van der Waals surface area contributed by atoms with Crippen molar-refractivity contribution in [1.82, 2.24) is 9.29 Å². The fraction of sp³-hybridized carbons (Fsp3) is 0.0952. The Morgan fingerprint density at radius 2 is 1.69 bits per heavy atom. The van der Waals surface area contributed by atoms with E-state index in [0.29, 0.717) is 4.31 Å². The molecule has 11 heteroatoms. The summed E-state index contributed by atoms with van der Waals surface area (Å²) in [5.74, 6) is -1.76. The predicted molar refractivity (Wildman–Crippen MR) is 115 cm³/mol. The van der Waals surface area contributed by atoms with Crippen molar-refractivity contribution in [3.8, 4) is 5.75 Å². The van der Waals surface area contributed by atoms with E-state index < -0.39 is 28.6 Å². The van der Waals surface area contributed by atoms with E-state index >= 15 is 0 Å². The summed E-state index contributed by atoms with van der Waals surface area (Å²) in [6.45, 7) is -0.722. The van der Waals surface area contributed by atoms with E-state index in [0.717, 1.165) is 5.56 Å². The zero-order chi connectivity index (χ0) is 22.9. The summed E-state index contributed by atoms with van der Waals surface area (Å²) in [4.78, 5) is 28.8. The summed E-state index contributed by atoms with van der Waals surface area (Å²) in [7, 11) is -4.25. The molecule has 4 rings (SSSR count). The van der Waals surface area contributed by atoms with Crippen molar-refractivity contribution in [3.05, 3.63) is 87.7 Å². The minimum absolute atomic E-state index is 0.0713. The normalized spacial score (nSPS) is 14.2. The number of hydrogen-bond donors (Lipinski definition) is 0. The quantitative estimate of drug-likeness (QED) is 0.480. The lowest BCUT2D eigenvalue weighted by molar-refractivity contribution is 0.0357. The zero-order valence-corrected chi connectivity index (χ0v) is 18.5. The molecule has 0 spiro atoms. The van der Waals surface area contributed by atoms with Crippen LogP contribution in [-0.2, 0) is 21.4 Å². The number of sulfonamides is 1. The maximum absolute atomic E-state index is 12.9. The molecule has 0 fully saturated rings. The van der Waals surface area contributed by atoms with Gasteiger partial charge in [0.05, 0.1) is 10.0 Å². The molecular weight excluding hydrogens is 479 g/mol. The number of carbonyl (C=O) groups is 2. The number of hydrogen-bond acceptors (Lipinski definition) is 7. The molecule has 164 valence electrons. The van der Waals surface area contributed by atoms with E-state index in [1.807, 2.05) is 30.3 Å². The van der Waals surface area contributed by atoms with Crippen LogP contribution in [0.1, 0.15) is 26.3 Å². The third-order valence-electron chi connectivity index (χ3n) is 4.60. The van der Waals surface area contributed by atoms with Crippen LogP contribution < -0.4 is 4.74 Å². The summed E-state index contributed by atoms with van der Waals surface area (Å²) < 4.78 is 37.0. The van der Waals surface area contributed by atoms with Gasteiger partial charge in [-0.25, -0.2) is 13.2 Å². The van der Waals surface area contributed by atoms with Gasteiger partial charge in [-0.15, -0.1) is 0 Å². The van der Waals surface area contributed by atoms with Gasteiger partial charge in [-0.1, -0.05) is 59.6 Å². The Morgan fingerprint density at radius 1 is 1.00 bits per heavy atom. The molecule has 32 heavy (non-hydrogen) atoms. The highest BCUT2D eigenvalue weighted by molar-refractivity contribution is 7.90. The van der Waals surface area contributed by atoms with Gasteiger partial charge in [-0.05, 0) is 17.7 Å². The number of fused-ring (bicyclic) bond motifs is 1. The topological polar surface area (TPSA) is 103 Å². The summed E-state index contributed by atoms with van der Waals surface area (Å²) in [5.41, 5.74) is 0.534. The van der Waals surface area contributed by atoms with E-state index in [1.165, 1.54) is 30.6 Å². The monoisotopic (exact) mass is 492 g/mol. The lowest BCUT2D eigenvalue weighted by atomic mass is 10.2. The number of esters is 1. The molecule has 0 aliphatic carbocycles. The second-order valence-corrected chi connectivity index (χ2v) is 9.25. The summed E-state index contributed by atoms with van der Waals surface area (Å²) in [6.07, 6.45) is 2.38. The van der Waals surface area contributed by atoms with Crippen LogP contribution in [0.5, 0.6) is 5.75 Å². The highest BCUT2D eigenvalue weighted by atomic mass is 35.5. The maximum atomic E-state index is 12.9. The molecule has 0 bridgehead atoms. The number of amides is 1. The Morgan fingerprint density at radius 3 is 2.38 bits per heavy atom. The van der Waals surface area contributed by atoms with Gasteiger partial charge in [-0.3, -0.25) is 9.78 Å². The number of pyridine rings is 1. The van der Waals surface area contributed by atoms with Crippen LogP contribution in [0.4, 0.5) is 0 Å². The summed E-state index contributed by atoms with van der Waals surface area (Å²) in [6, 6.07) is 13.5. The van der Waals surface area contributed by atoms with Gasteiger partial charge >= 0.3 is 5.97 Å². The molecule has 1 aromatic heterocycles. The smallest absolute Gasteiger partial charge is 0.343 e. The first kappa shape index (κ1) is 22.1. The molecule has 2 aromatic carbocycles. The molecule has 0 saturated heterocycles. The number of nitrogens with zero attached hydrogens (tertiary/aromatic N) is 2. The van der Waals surface area contributed by atoms with Gasteiger partial charge in [0.2, 0.25) is 0 Å². The molecule has 2 heterocycles. The van der Waals surface area contributed by atoms with Crippen molar-refractivity contribution < 1.29 is 27.5 Å². The molecule has 8 nitrogen and oxygen atoms in total. The van der Waals surface area contributed by atoms with Crippen molar-refractivity contribution >= 4 is 45.1 Å². The summed E-state index contributed by atoms with van der Waals surface area (Å²) in [5, 5.41) is -0.143. The Bertz CT molecular complexity index is 1290. The van der Waals surface area contributed by atoms with Crippen LogP contribution in [0.3, 0.4) is 0 Å². The van der Waals surface area contributed by atoms with E-state index in [2.05, 4.69) is 4.98 Å². The Kier molecular flexibility index (Phi) is 6.05. The average molecular weight is 493 g/mol. The van der Waals surface area contributed by atoms with Gasteiger partial charge < -0.3 is 9.47 Å². The van der Waals surface area contributed by atoms with Gasteiger partial charge in [-0.2, -0.15) is 4.31 Å². The first-order valence-corrected chi connectivity index (χ1v) is 11.3. The Labute approximate surface area is 193 Å². The van der Waals surface area contributed by atoms with Crippen molar-refractivity contribution in [2.24, 2.45) is 0 Å². The highest BCUT2D eigenvalue weighted by Crippen LogP contribution is 2.36. The van der Waals surface area contributed by atoms with Crippen LogP contribution in [0, 0.1) is 0 Å². The lowest BCUT2D eigenvalue weighted by Crippen LogP contribution is -2.33. The first-order chi connectivity index (χ1) is 15.3. The maximum Gasteiger partial charge on any atom is 0.343 e. The first-order valence-electron chi connectivity index (χ1n) is 9.13. The fourth-order valence-corrected chi connectivity index (χ4v) is 5.02. The number of ether oxygens (including phenoxy) is 2. The molecular formula is C21H14Cl2N2O6S. The summed E-state index contributed by atoms with van der Waals surface area (Å²) >= 11 is 11.8. The molecule has 1 aliphatic heterocycles. The molecule has 3 aromatic rings. The lowest BCUT2D eigenvalue weighted by Gasteiger charge is -2.15. The van der Waals surface area contributed by atoms with Crippen LogP contribution in [0.2, 0.25) is 10.0 Å². The standard InChI is InChI=1S/C21H14Cl2N2O6S/c22-14-9-24-10-15(23)18(14)21(27)31-12-25-20(26)19-16(7-4-8-17(19)32(25,28)29)30-11-13-5-2-1-3-6-13/h1-10H,11-12H2. The zero-order valence-electron chi connectivity index (χ0n) is 16.2. The average Bonchev–Trinajstić information content (AvgIpc) is 2.97. The number of rotatable bonds is 6. The SMILES string of the molecule is O=C(OCN1C(=O)c2c(OCc3ccccc3)cccc2S1(=O)=O)c1c(Cl)cncc1Cl. The number of benzene rings is 2. The van der Waals surface area contributed by atoms with Crippen molar-refractivity contribution in [2.75, 3.05) is 6.73 Å². The van der Waals surface area contributed by atoms with Crippen molar-refractivity contribution in [1.29, 1.82) is 0 Å². The minimum Gasteiger partial charge on any atom is -0.488 e. The second-order valence-electron chi connectivity index (χ2n) is 6.60. The fourth-order valence-electron chi connectivity index (χ4n) is 3.07. The van der Waals surface area contributed by atoms with E-state index in [1.54, 1.807) is 0 Å². The van der Waals surface area contributed by atoms with Crippen LogP contribution in [-0.4, -0.2) is 36.3 Å². The second kappa shape index (κ2) is 8.78. The van der Waals surface area contributed by atoms with Crippen molar-refractivity contribution in [2.45, 2.75) is 11.5 Å². The minimum atomic E-state index is -4.25. The van der Waals surface area contributed by atoms with Gasteiger partial charge in [0.1, 0.15) is 28.4 Å². The number of aromatic nitrogens is 1. The van der Waals surface area contributed by atoms with E-state index in [4.69, 9.17) is 32.7 Å². The molecule has 1 aliphatic rings. The largest absolute Gasteiger partial charge is 0.488 e. The van der Waals surface area contributed by atoms with E-state index in [-0.39, 0.29) is 38.4 Å². The molecule has 0 unspecified atom stereocenters. The molecule has 0 saturated carbocycles. The van der Waals surface area contributed by atoms with Gasteiger partial charge in [0.15, 0.2) is 6.73 Å². The highest BCUT2D eigenvalue weighted by Gasteiger charge is 2.44. The van der Waals surface area contributed by atoms with Crippen LogP contribution in [0.25, 0.3) is 0 Å². The molecule has 0 atom stereocenters. The third kappa shape index (κ3) is 4.02. The third-order valence-corrected chi connectivity index (χ3v) is 6.92. The molecule has 0 N–H and O–H groups in total. The van der Waals surface area contributed by atoms with Gasteiger partial charge in [0.25, 0.3) is 15.9 Å². The Balaban J connectivity index is 1.56. The molecule has 0 radical (unpaired) electrons. The van der Waals surface area contributed by atoms with Crippen molar-refractivity contribution in [3.63, 3.8) is 0 Å². The Hall–Kier alpha value is -3.14.